The molecule has 22 heavy (non-hydrogen) atoms. The number of hydrogen-bond acceptors (Lipinski definition) is 3. The summed E-state index contributed by atoms with van der Waals surface area (Å²) in [5, 5.41) is 5.69. The molecule has 0 radical (unpaired) electrons. The predicted octanol–water partition coefficient (Wildman–Crippen LogP) is 1.28. The summed E-state index contributed by atoms with van der Waals surface area (Å²) in [6.07, 6.45) is 2.96. The molecule has 5 heteroatoms. The minimum atomic E-state index is -0.584. The molecule has 0 heterocycles. The first kappa shape index (κ1) is 16.5. The van der Waals surface area contributed by atoms with E-state index in [2.05, 4.69) is 10.6 Å². The van der Waals surface area contributed by atoms with E-state index in [9.17, 15) is 9.59 Å². The lowest BCUT2D eigenvalue weighted by atomic mass is 9.72. The Kier molecular flexibility index (Phi) is 5.19. The minimum Gasteiger partial charge on any atom is -0.346 e. The third kappa shape index (κ3) is 3.65. The number of rotatable bonds is 6. The van der Waals surface area contributed by atoms with Crippen LogP contribution in [0.25, 0.3) is 0 Å². The molecular formula is C17H25N3O2. The topological polar surface area (TPSA) is 84.2 Å². The zero-order valence-electron chi connectivity index (χ0n) is 13.3. The highest BCUT2D eigenvalue weighted by Crippen LogP contribution is 2.40. The van der Waals surface area contributed by atoms with Crippen molar-refractivity contribution >= 4 is 11.8 Å². The monoisotopic (exact) mass is 303 g/mol. The van der Waals surface area contributed by atoms with Gasteiger partial charge in [0.05, 0.1) is 18.1 Å². The van der Waals surface area contributed by atoms with Crippen molar-refractivity contribution in [2.24, 2.45) is 11.7 Å². The Morgan fingerprint density at radius 2 is 1.86 bits per heavy atom. The van der Waals surface area contributed by atoms with E-state index in [-0.39, 0.29) is 29.8 Å². The molecule has 120 valence electrons. The molecule has 0 bridgehead atoms. The van der Waals surface area contributed by atoms with Gasteiger partial charge in [0, 0.05) is 0 Å². The molecule has 0 aliphatic heterocycles. The Morgan fingerprint density at radius 1 is 1.23 bits per heavy atom. The summed E-state index contributed by atoms with van der Waals surface area (Å²) in [6, 6.07) is 9.40. The van der Waals surface area contributed by atoms with E-state index in [4.69, 9.17) is 5.73 Å². The highest BCUT2D eigenvalue weighted by Gasteiger charge is 2.39. The average molecular weight is 303 g/mol. The van der Waals surface area contributed by atoms with Gasteiger partial charge in [-0.25, -0.2) is 0 Å². The van der Waals surface area contributed by atoms with Gasteiger partial charge in [-0.05, 0) is 30.7 Å². The molecule has 2 amide bonds. The van der Waals surface area contributed by atoms with Crippen molar-refractivity contribution in [1.29, 1.82) is 0 Å². The highest BCUT2D eigenvalue weighted by atomic mass is 16.2. The predicted molar refractivity (Wildman–Crippen MR) is 85.9 cm³/mol. The van der Waals surface area contributed by atoms with Gasteiger partial charge in [0.25, 0.3) is 0 Å². The average Bonchev–Trinajstić information content (AvgIpc) is 2.48. The molecular weight excluding hydrogens is 278 g/mol. The molecule has 1 atom stereocenters. The van der Waals surface area contributed by atoms with Crippen molar-refractivity contribution in [1.82, 2.24) is 10.6 Å². The van der Waals surface area contributed by atoms with Crippen molar-refractivity contribution in [2.75, 3.05) is 6.54 Å². The first-order valence-electron chi connectivity index (χ1n) is 7.84. The Labute approximate surface area is 131 Å². The molecule has 1 aliphatic carbocycles. The highest BCUT2D eigenvalue weighted by molar-refractivity contribution is 5.87. The first-order valence-corrected chi connectivity index (χ1v) is 7.84. The van der Waals surface area contributed by atoms with Crippen LogP contribution in [0, 0.1) is 5.92 Å². The minimum absolute atomic E-state index is 0.0339. The van der Waals surface area contributed by atoms with E-state index in [0.717, 1.165) is 24.8 Å². The van der Waals surface area contributed by atoms with Crippen LogP contribution in [0.1, 0.15) is 38.7 Å². The number of benzene rings is 1. The van der Waals surface area contributed by atoms with E-state index in [0.29, 0.717) is 0 Å². The lowest BCUT2D eigenvalue weighted by Crippen LogP contribution is -2.54. The second-order valence-corrected chi connectivity index (χ2v) is 6.34. The number of carbonyl (C=O) groups is 2. The summed E-state index contributed by atoms with van der Waals surface area (Å²) in [7, 11) is 0. The molecule has 1 aromatic rings. The Bertz CT molecular complexity index is 524. The molecule has 1 aromatic carbocycles. The lowest BCUT2D eigenvalue weighted by Gasteiger charge is -2.43. The maximum atomic E-state index is 12.2. The second kappa shape index (κ2) is 6.92. The van der Waals surface area contributed by atoms with Crippen LogP contribution in [0.3, 0.4) is 0 Å². The van der Waals surface area contributed by atoms with Crippen LogP contribution >= 0.6 is 0 Å². The van der Waals surface area contributed by atoms with Crippen LogP contribution < -0.4 is 16.4 Å². The third-order valence-corrected chi connectivity index (χ3v) is 4.36. The van der Waals surface area contributed by atoms with Gasteiger partial charge in [0.1, 0.15) is 0 Å². The molecule has 0 saturated heterocycles. The van der Waals surface area contributed by atoms with Crippen LogP contribution in [-0.2, 0) is 15.1 Å². The first-order chi connectivity index (χ1) is 10.4. The largest absolute Gasteiger partial charge is 0.346 e. The van der Waals surface area contributed by atoms with Crippen molar-refractivity contribution in [3.05, 3.63) is 35.9 Å². The zero-order chi connectivity index (χ0) is 16.2. The van der Waals surface area contributed by atoms with Crippen LogP contribution in [0.15, 0.2) is 30.3 Å². The summed E-state index contributed by atoms with van der Waals surface area (Å²) >= 11 is 0. The quantitative estimate of drug-likeness (QED) is 0.740. The normalized spacial score (nSPS) is 17.5. The van der Waals surface area contributed by atoms with E-state index < -0.39 is 6.04 Å². The Hall–Kier alpha value is -1.88. The Balaban J connectivity index is 1.90. The van der Waals surface area contributed by atoms with Gasteiger partial charge < -0.3 is 16.4 Å². The van der Waals surface area contributed by atoms with Crippen LogP contribution in [-0.4, -0.2) is 24.4 Å². The number of amides is 2. The molecule has 5 nitrogen and oxygen atoms in total. The smallest absolute Gasteiger partial charge is 0.240 e. The van der Waals surface area contributed by atoms with Crippen molar-refractivity contribution in [2.45, 2.75) is 44.7 Å². The van der Waals surface area contributed by atoms with Gasteiger partial charge in [-0.3, -0.25) is 9.59 Å². The fourth-order valence-electron chi connectivity index (χ4n) is 2.67. The maximum Gasteiger partial charge on any atom is 0.240 e. The number of nitrogens with one attached hydrogen (secondary N) is 2. The van der Waals surface area contributed by atoms with Crippen molar-refractivity contribution < 1.29 is 9.59 Å². The molecule has 1 aliphatic rings. The molecule has 4 N–H and O–H groups in total. The summed E-state index contributed by atoms with van der Waals surface area (Å²) < 4.78 is 0. The third-order valence-electron chi connectivity index (χ3n) is 4.36. The van der Waals surface area contributed by atoms with Crippen molar-refractivity contribution in [3.8, 4) is 0 Å². The second-order valence-electron chi connectivity index (χ2n) is 6.34. The Morgan fingerprint density at radius 3 is 2.36 bits per heavy atom. The van der Waals surface area contributed by atoms with Gasteiger partial charge in [0.2, 0.25) is 11.8 Å². The fraction of sp³-hybridized carbons (Fsp3) is 0.529. The van der Waals surface area contributed by atoms with Gasteiger partial charge in [-0.1, -0.05) is 44.2 Å². The van der Waals surface area contributed by atoms with Crippen LogP contribution in [0.2, 0.25) is 0 Å². The van der Waals surface area contributed by atoms with Gasteiger partial charge in [-0.15, -0.1) is 0 Å². The summed E-state index contributed by atoms with van der Waals surface area (Å²) in [5.41, 5.74) is 6.61. The number of hydrogen-bond donors (Lipinski definition) is 3. The van der Waals surface area contributed by atoms with Gasteiger partial charge in [-0.2, -0.15) is 0 Å². The molecule has 2 rings (SSSR count). The molecule has 0 spiro atoms. The summed E-state index contributed by atoms with van der Waals surface area (Å²) in [4.78, 5) is 23.9. The van der Waals surface area contributed by atoms with Crippen LogP contribution in [0.5, 0.6) is 0 Å². The molecule has 1 saturated carbocycles. The number of carbonyl (C=O) groups excluding carboxylic acids is 2. The summed E-state index contributed by atoms with van der Waals surface area (Å²) in [5.74, 6) is -0.411. The maximum absolute atomic E-state index is 12.2. The lowest BCUT2D eigenvalue weighted by molar-refractivity contribution is -0.128. The standard InChI is InChI=1S/C17H25N3O2/c1-12(2)15(18)16(22)19-11-14(21)20-17(9-6-10-17)13-7-4-3-5-8-13/h3-5,7-8,12,15H,6,9-11,18H2,1-2H3,(H,19,22)(H,20,21)/t15-/m0/s1. The summed E-state index contributed by atoms with van der Waals surface area (Å²) in [6.45, 7) is 3.72. The van der Waals surface area contributed by atoms with E-state index in [1.54, 1.807) is 0 Å². The molecule has 1 fully saturated rings. The molecule has 0 unspecified atom stereocenters. The SMILES string of the molecule is CC(C)[C@H](N)C(=O)NCC(=O)NC1(c2ccccc2)CCC1. The van der Waals surface area contributed by atoms with E-state index in [1.165, 1.54) is 0 Å². The van der Waals surface area contributed by atoms with Gasteiger partial charge in [0.15, 0.2) is 0 Å². The van der Waals surface area contributed by atoms with Crippen molar-refractivity contribution in [3.63, 3.8) is 0 Å². The van der Waals surface area contributed by atoms with E-state index >= 15 is 0 Å². The number of nitrogens with two attached hydrogens (primary N) is 1. The zero-order valence-corrected chi connectivity index (χ0v) is 13.3. The fourth-order valence-corrected chi connectivity index (χ4v) is 2.67. The van der Waals surface area contributed by atoms with Crippen LogP contribution in [0.4, 0.5) is 0 Å². The molecule has 0 aromatic heterocycles. The van der Waals surface area contributed by atoms with E-state index in [1.807, 2.05) is 44.2 Å². The van der Waals surface area contributed by atoms with Gasteiger partial charge >= 0.3 is 0 Å².